The van der Waals surface area contributed by atoms with Crippen molar-refractivity contribution in [1.29, 1.82) is 0 Å². The van der Waals surface area contributed by atoms with Crippen LogP contribution in [-0.2, 0) is 47.7 Å². The minimum Gasteiger partial charge on any atom is -0.491 e. The van der Waals surface area contributed by atoms with Crippen LogP contribution in [0.3, 0.4) is 0 Å². The summed E-state index contributed by atoms with van der Waals surface area (Å²) in [6, 6.07) is 26.9. The Morgan fingerprint density at radius 2 is 1.14 bits per heavy atom. The first-order chi connectivity index (χ1) is 32.9. The van der Waals surface area contributed by atoms with E-state index in [0.717, 1.165) is 43.6 Å². The molecule has 5 atom stereocenters. The molecule has 388 valence electrons. The molecule has 0 aliphatic carbocycles. The van der Waals surface area contributed by atoms with Crippen molar-refractivity contribution in [2.75, 3.05) is 53.7 Å². The largest absolute Gasteiger partial charge is 0.491 e. The number of benzene rings is 4. The first-order valence-corrected chi connectivity index (χ1v) is 23.9. The lowest BCUT2D eigenvalue weighted by Crippen LogP contribution is -2.40. The molecule has 1 aliphatic heterocycles. The van der Waals surface area contributed by atoms with Gasteiger partial charge in [0.25, 0.3) is 5.91 Å². The van der Waals surface area contributed by atoms with Crippen molar-refractivity contribution in [2.45, 2.75) is 87.7 Å². The predicted molar refractivity (Wildman–Crippen MR) is 260 cm³/mol. The zero-order valence-electron chi connectivity index (χ0n) is 39.9. The number of rotatable bonds is 23. The molecular formula is C48H67ClN4O16S. The maximum atomic E-state index is 12.0. The fourth-order valence-electron chi connectivity index (χ4n) is 5.93. The van der Waals surface area contributed by atoms with E-state index in [1.54, 1.807) is 38.5 Å². The van der Waals surface area contributed by atoms with Crippen molar-refractivity contribution in [3.05, 3.63) is 124 Å². The molecule has 0 aromatic heterocycles. The van der Waals surface area contributed by atoms with Gasteiger partial charge in [-0.1, -0.05) is 87.8 Å². The zero-order chi connectivity index (χ0) is 52.6. The van der Waals surface area contributed by atoms with Crippen molar-refractivity contribution in [3.8, 4) is 11.5 Å². The molecule has 4 aromatic rings. The number of aliphatic carboxylic acids is 2. The van der Waals surface area contributed by atoms with Gasteiger partial charge in [-0.05, 0) is 66.4 Å². The molecule has 4 aromatic carbocycles. The number of hydrogen-bond donors (Lipinski definition) is 11. The van der Waals surface area contributed by atoms with Crippen molar-refractivity contribution < 1.29 is 77.5 Å². The van der Waals surface area contributed by atoms with Gasteiger partial charge in [-0.15, -0.1) is 0 Å². The first kappa shape index (κ1) is 60.9. The number of nitrogens with one attached hydrogen (secondary N) is 3. The minimum absolute atomic E-state index is 0.0625. The van der Waals surface area contributed by atoms with Crippen LogP contribution in [0.2, 0.25) is 5.02 Å². The van der Waals surface area contributed by atoms with Crippen LogP contribution in [-0.4, -0.2) is 152 Å². The first-order valence-electron chi connectivity index (χ1n) is 22.0. The van der Waals surface area contributed by atoms with Crippen LogP contribution in [0.5, 0.6) is 11.5 Å². The lowest BCUT2D eigenvalue weighted by Gasteiger charge is -2.25. The van der Waals surface area contributed by atoms with Crippen LogP contribution in [0, 0.1) is 0 Å². The number of aliphatic hydroxyl groups excluding tert-OH is 4. The van der Waals surface area contributed by atoms with Gasteiger partial charge in [-0.25, -0.2) is 23.1 Å². The number of amides is 1. The van der Waals surface area contributed by atoms with Crippen molar-refractivity contribution >= 4 is 39.5 Å². The average molecular weight is 1020 g/mol. The number of methoxy groups -OCH3 is 2. The summed E-state index contributed by atoms with van der Waals surface area (Å²) >= 11 is 5.83. The number of fused-ring (bicyclic) bond motifs is 1. The van der Waals surface area contributed by atoms with E-state index in [0.29, 0.717) is 49.5 Å². The maximum Gasteiger partial charge on any atom is 0.335 e. The molecule has 20 nitrogen and oxygen atoms in total. The van der Waals surface area contributed by atoms with Crippen LogP contribution in [0.1, 0.15) is 60.3 Å². The summed E-state index contributed by atoms with van der Waals surface area (Å²) < 4.78 is 44.3. The van der Waals surface area contributed by atoms with E-state index in [2.05, 4.69) is 16.0 Å². The average Bonchev–Trinajstić information content (AvgIpc) is 3.59. The number of sulfonamides is 1. The molecular weight excluding hydrogens is 956 g/mol. The standard InChI is InChI=1S/2C15H25NO3.C14H11ClN2O4S.C4H6O6/c2*1-12(2)16-10-14(17)11-19-15-6-4-13(5-7-15)8-9-18-3;15-11-6-5-8(7-12(11)22(16,20)21)14(19)10-4-2-1-3-9(10)13(18)17-14;5-1(3(7)8)2(6)4(9)10/h2*4-7,12,14,16-17H,8-11H2,1-3H3;1-7,19H,(H,17,18)(H2,16,20,21);1-2,5-6H,(H,7,8)(H,9,10). The summed E-state index contributed by atoms with van der Waals surface area (Å²) in [6.07, 6.45) is -3.71. The fraction of sp³-hybridized carbons (Fsp3) is 0.438. The summed E-state index contributed by atoms with van der Waals surface area (Å²) in [6.45, 7) is 11.3. The minimum atomic E-state index is -4.06. The number of primary sulfonamides is 1. The van der Waals surface area contributed by atoms with E-state index in [1.807, 2.05) is 76.2 Å². The van der Waals surface area contributed by atoms with Crippen molar-refractivity contribution in [3.63, 3.8) is 0 Å². The molecule has 70 heavy (non-hydrogen) atoms. The number of nitrogens with two attached hydrogens (primary N) is 1. The zero-order valence-corrected chi connectivity index (χ0v) is 41.5. The monoisotopic (exact) mass is 1020 g/mol. The van der Waals surface area contributed by atoms with Gasteiger partial charge in [0.1, 0.15) is 41.8 Å². The van der Waals surface area contributed by atoms with E-state index in [1.165, 1.54) is 23.3 Å². The summed E-state index contributed by atoms with van der Waals surface area (Å²) in [5.41, 5.74) is 1.41. The molecule has 22 heteroatoms. The predicted octanol–water partition coefficient (Wildman–Crippen LogP) is 2.03. The van der Waals surface area contributed by atoms with Crippen molar-refractivity contribution in [1.82, 2.24) is 16.0 Å². The summed E-state index contributed by atoms with van der Waals surface area (Å²) in [4.78, 5) is 31.2. The Hall–Kier alpha value is -5.27. The molecule has 12 N–H and O–H groups in total. The normalized spacial score (nSPS) is 15.6. The third-order valence-corrected chi connectivity index (χ3v) is 11.2. The third-order valence-electron chi connectivity index (χ3n) is 9.76. The Labute approximate surface area is 413 Å². The van der Waals surface area contributed by atoms with Crippen LogP contribution < -0.4 is 30.6 Å². The number of halogens is 1. The number of aliphatic hydroxyl groups is 5. The molecule has 1 aliphatic rings. The van der Waals surface area contributed by atoms with Crippen LogP contribution in [0.25, 0.3) is 0 Å². The molecule has 0 saturated carbocycles. The summed E-state index contributed by atoms with van der Waals surface area (Å²) in [5.74, 6) is -2.43. The molecule has 0 fully saturated rings. The van der Waals surface area contributed by atoms with Gasteiger partial charge in [0.05, 0.1) is 18.2 Å². The molecule has 5 rings (SSSR count). The highest BCUT2D eigenvalue weighted by atomic mass is 35.5. The second-order valence-corrected chi connectivity index (χ2v) is 18.2. The van der Waals surface area contributed by atoms with Gasteiger partial charge in [-0.2, -0.15) is 0 Å². The second kappa shape index (κ2) is 30.5. The van der Waals surface area contributed by atoms with E-state index in [-0.39, 0.29) is 15.5 Å². The molecule has 1 amide bonds. The smallest absolute Gasteiger partial charge is 0.335 e. The summed E-state index contributed by atoms with van der Waals surface area (Å²) in [5, 5.41) is 76.7. The van der Waals surface area contributed by atoms with Gasteiger partial charge in [0, 0.05) is 56.1 Å². The van der Waals surface area contributed by atoms with E-state index in [9.17, 15) is 38.1 Å². The van der Waals surface area contributed by atoms with Crippen LogP contribution in [0.4, 0.5) is 0 Å². The van der Waals surface area contributed by atoms with Gasteiger partial charge in [-0.3, -0.25) is 4.79 Å². The Morgan fingerprint density at radius 3 is 1.53 bits per heavy atom. The highest BCUT2D eigenvalue weighted by Gasteiger charge is 2.43. The number of hydrogen-bond acceptors (Lipinski definition) is 16. The highest BCUT2D eigenvalue weighted by molar-refractivity contribution is 7.89. The van der Waals surface area contributed by atoms with Crippen molar-refractivity contribution in [2.24, 2.45) is 5.14 Å². The van der Waals surface area contributed by atoms with Gasteiger partial charge in [0.15, 0.2) is 17.9 Å². The van der Waals surface area contributed by atoms with Gasteiger partial charge < -0.3 is 70.6 Å². The number of carbonyl (C=O) groups excluding carboxylic acids is 1. The highest BCUT2D eigenvalue weighted by Crippen LogP contribution is 2.36. The lowest BCUT2D eigenvalue weighted by molar-refractivity contribution is -0.165. The lowest BCUT2D eigenvalue weighted by atomic mass is 9.94. The maximum absolute atomic E-state index is 12.0. The number of carbonyl (C=O) groups is 3. The molecule has 0 bridgehead atoms. The van der Waals surface area contributed by atoms with E-state index >= 15 is 0 Å². The fourth-order valence-corrected chi connectivity index (χ4v) is 7.00. The molecule has 5 unspecified atom stereocenters. The van der Waals surface area contributed by atoms with Gasteiger partial charge >= 0.3 is 11.9 Å². The number of carboxylic acid groups (broad SMARTS) is 2. The van der Waals surface area contributed by atoms with E-state index < -0.39 is 58.0 Å². The quantitative estimate of drug-likeness (QED) is 0.0506. The third kappa shape index (κ3) is 21.4. The summed E-state index contributed by atoms with van der Waals surface area (Å²) in [7, 11) is -0.662. The molecule has 0 saturated heterocycles. The van der Waals surface area contributed by atoms with E-state index in [4.69, 9.17) is 56.1 Å². The number of carboxylic acids is 2. The number of ether oxygens (including phenoxy) is 4. The SMILES string of the molecule is COCCc1ccc(OCC(O)CNC(C)C)cc1.COCCc1ccc(OCC(O)CNC(C)C)cc1.NS(=O)(=O)c1cc(C2(O)NC(=O)c3ccccc32)ccc1Cl.O=C(O)C(O)C(O)C(=O)O. The Balaban J connectivity index is 0.000000330. The van der Waals surface area contributed by atoms with Gasteiger partial charge in [0.2, 0.25) is 10.0 Å². The second-order valence-electron chi connectivity index (χ2n) is 16.3. The molecule has 0 spiro atoms. The molecule has 0 radical (unpaired) electrons. The Kier molecular flexibility index (Phi) is 26.5. The Bertz CT molecular complexity index is 2240. The molecule has 1 heterocycles. The van der Waals surface area contributed by atoms with Crippen LogP contribution in [0.15, 0.2) is 95.9 Å². The Morgan fingerprint density at radius 1 is 0.714 bits per heavy atom. The van der Waals surface area contributed by atoms with Crippen LogP contribution >= 0.6 is 11.6 Å². The topological polar surface area (TPSA) is 326 Å².